The van der Waals surface area contributed by atoms with Gasteiger partial charge in [0.2, 0.25) is 15.9 Å². The summed E-state index contributed by atoms with van der Waals surface area (Å²) >= 11 is 0. The van der Waals surface area contributed by atoms with E-state index < -0.39 is 10.0 Å². The largest absolute Gasteiger partial charge is 0.355 e. The SMILES string of the molecule is Cc1ncc(CCNC(=O)C2CCN(S(C)(=O)=O)CC2)[nH]1. The third-order valence-corrected chi connectivity index (χ3v) is 5.05. The summed E-state index contributed by atoms with van der Waals surface area (Å²) in [5, 5.41) is 2.91. The van der Waals surface area contributed by atoms with Crippen LogP contribution in [0.5, 0.6) is 0 Å². The molecule has 0 spiro atoms. The lowest BCUT2D eigenvalue weighted by Gasteiger charge is -2.29. The van der Waals surface area contributed by atoms with Crippen LogP contribution in [0.3, 0.4) is 0 Å². The minimum atomic E-state index is -3.14. The van der Waals surface area contributed by atoms with E-state index in [1.54, 1.807) is 6.20 Å². The standard InChI is InChI=1S/C13H22N4O3S/c1-10-15-9-12(16-10)3-6-14-13(18)11-4-7-17(8-5-11)21(2,19)20/h9,11H,3-8H2,1-2H3,(H,14,18)(H,15,16). The lowest BCUT2D eigenvalue weighted by atomic mass is 9.97. The van der Waals surface area contributed by atoms with E-state index >= 15 is 0 Å². The number of aryl methyl sites for hydroxylation is 1. The van der Waals surface area contributed by atoms with Gasteiger partial charge in [0, 0.05) is 43.9 Å². The molecule has 0 saturated carbocycles. The summed E-state index contributed by atoms with van der Waals surface area (Å²) in [6, 6.07) is 0. The number of aromatic nitrogens is 2. The molecule has 0 atom stereocenters. The van der Waals surface area contributed by atoms with Crippen molar-refractivity contribution in [3.63, 3.8) is 0 Å². The molecule has 2 N–H and O–H groups in total. The fourth-order valence-corrected chi connectivity index (χ4v) is 3.39. The number of hydrogen-bond donors (Lipinski definition) is 2. The highest BCUT2D eigenvalue weighted by Crippen LogP contribution is 2.19. The number of sulfonamides is 1. The molecule has 2 rings (SSSR count). The van der Waals surface area contributed by atoms with Gasteiger partial charge in [-0.3, -0.25) is 4.79 Å². The molecule has 1 aliphatic rings. The number of nitrogens with zero attached hydrogens (tertiary/aromatic N) is 2. The minimum Gasteiger partial charge on any atom is -0.355 e. The summed E-state index contributed by atoms with van der Waals surface area (Å²) in [5.41, 5.74) is 1.000. The molecular weight excluding hydrogens is 292 g/mol. The first kappa shape index (κ1) is 16.0. The number of amides is 1. The average Bonchev–Trinajstić information content (AvgIpc) is 2.83. The van der Waals surface area contributed by atoms with E-state index in [9.17, 15) is 13.2 Å². The van der Waals surface area contributed by atoms with Gasteiger partial charge in [-0.25, -0.2) is 17.7 Å². The minimum absolute atomic E-state index is 0.0133. The highest BCUT2D eigenvalue weighted by atomic mass is 32.2. The molecule has 1 aromatic heterocycles. The first-order valence-electron chi connectivity index (χ1n) is 7.09. The summed E-state index contributed by atoms with van der Waals surface area (Å²) < 4.78 is 24.3. The van der Waals surface area contributed by atoms with E-state index in [0.29, 0.717) is 32.5 Å². The summed E-state index contributed by atoms with van der Waals surface area (Å²) in [6.07, 6.45) is 4.87. The number of carbonyl (C=O) groups is 1. The Bertz CT molecular complexity index is 588. The van der Waals surface area contributed by atoms with Gasteiger partial charge in [0.05, 0.1) is 6.26 Å². The number of imidazole rings is 1. The third kappa shape index (κ3) is 4.53. The number of nitrogens with one attached hydrogen (secondary N) is 2. The highest BCUT2D eigenvalue weighted by molar-refractivity contribution is 7.88. The van der Waals surface area contributed by atoms with Crippen LogP contribution in [0, 0.1) is 12.8 Å². The zero-order valence-corrected chi connectivity index (χ0v) is 13.2. The summed E-state index contributed by atoms with van der Waals surface area (Å²) in [5.74, 6) is 0.787. The number of rotatable bonds is 5. The topological polar surface area (TPSA) is 95.2 Å². The maximum Gasteiger partial charge on any atom is 0.223 e. The zero-order chi connectivity index (χ0) is 15.5. The molecule has 1 aliphatic heterocycles. The third-order valence-electron chi connectivity index (χ3n) is 3.74. The van der Waals surface area contributed by atoms with Crippen LogP contribution >= 0.6 is 0 Å². The van der Waals surface area contributed by atoms with E-state index in [1.807, 2.05) is 6.92 Å². The highest BCUT2D eigenvalue weighted by Gasteiger charge is 2.28. The van der Waals surface area contributed by atoms with Crippen molar-refractivity contribution in [2.75, 3.05) is 25.9 Å². The van der Waals surface area contributed by atoms with Gasteiger partial charge >= 0.3 is 0 Å². The summed E-state index contributed by atoms with van der Waals surface area (Å²) in [6.45, 7) is 3.30. The fourth-order valence-electron chi connectivity index (χ4n) is 2.51. The Kier molecular flexibility index (Phi) is 5.00. The van der Waals surface area contributed by atoms with Gasteiger partial charge in [0.15, 0.2) is 0 Å². The van der Waals surface area contributed by atoms with Gasteiger partial charge in [0.25, 0.3) is 0 Å². The molecule has 0 unspecified atom stereocenters. The van der Waals surface area contributed by atoms with Crippen LogP contribution in [0.4, 0.5) is 0 Å². The fraction of sp³-hybridized carbons (Fsp3) is 0.692. The molecule has 118 valence electrons. The molecule has 0 aliphatic carbocycles. The van der Waals surface area contributed by atoms with Crippen molar-refractivity contribution in [1.29, 1.82) is 0 Å². The molecule has 1 saturated heterocycles. The predicted molar refractivity (Wildman–Crippen MR) is 79.2 cm³/mol. The number of carbonyl (C=O) groups excluding carboxylic acids is 1. The normalized spacial score (nSPS) is 17.8. The Labute approximate surface area is 125 Å². The van der Waals surface area contributed by atoms with E-state index in [2.05, 4.69) is 15.3 Å². The second-order valence-corrected chi connectivity index (χ2v) is 7.45. The monoisotopic (exact) mass is 314 g/mol. The maximum absolute atomic E-state index is 12.0. The molecule has 7 nitrogen and oxygen atoms in total. The van der Waals surface area contributed by atoms with Gasteiger partial charge in [-0.05, 0) is 19.8 Å². The van der Waals surface area contributed by atoms with Gasteiger partial charge in [-0.2, -0.15) is 0 Å². The van der Waals surface area contributed by atoms with Crippen molar-refractivity contribution in [3.8, 4) is 0 Å². The van der Waals surface area contributed by atoms with Crippen molar-refractivity contribution >= 4 is 15.9 Å². The van der Waals surface area contributed by atoms with Gasteiger partial charge in [-0.1, -0.05) is 0 Å². The Balaban J connectivity index is 1.72. The van der Waals surface area contributed by atoms with Crippen LogP contribution in [0.25, 0.3) is 0 Å². The lowest BCUT2D eigenvalue weighted by Crippen LogP contribution is -2.42. The molecule has 1 amide bonds. The molecule has 21 heavy (non-hydrogen) atoms. The number of piperidine rings is 1. The van der Waals surface area contributed by atoms with Crippen LogP contribution in [0.15, 0.2) is 6.20 Å². The first-order valence-corrected chi connectivity index (χ1v) is 8.94. The molecule has 1 aromatic rings. The Morgan fingerprint density at radius 1 is 1.48 bits per heavy atom. The van der Waals surface area contributed by atoms with Crippen molar-refractivity contribution in [2.45, 2.75) is 26.2 Å². The van der Waals surface area contributed by atoms with E-state index in [4.69, 9.17) is 0 Å². The molecule has 1 fully saturated rings. The Hall–Kier alpha value is -1.41. The van der Waals surface area contributed by atoms with Crippen LogP contribution < -0.4 is 5.32 Å². The molecule has 2 heterocycles. The maximum atomic E-state index is 12.0. The summed E-state index contributed by atoms with van der Waals surface area (Å²) in [7, 11) is -3.14. The quantitative estimate of drug-likeness (QED) is 0.803. The van der Waals surface area contributed by atoms with E-state index in [-0.39, 0.29) is 11.8 Å². The summed E-state index contributed by atoms with van der Waals surface area (Å²) in [4.78, 5) is 19.3. The van der Waals surface area contributed by atoms with Gasteiger partial charge < -0.3 is 10.3 Å². The van der Waals surface area contributed by atoms with Crippen molar-refractivity contribution in [3.05, 3.63) is 17.7 Å². The second kappa shape index (κ2) is 6.57. The van der Waals surface area contributed by atoms with Crippen LogP contribution in [0.1, 0.15) is 24.4 Å². The first-order chi connectivity index (χ1) is 9.86. The van der Waals surface area contributed by atoms with Crippen LogP contribution in [-0.2, 0) is 21.2 Å². The number of aromatic amines is 1. The van der Waals surface area contributed by atoms with Crippen molar-refractivity contribution in [2.24, 2.45) is 5.92 Å². The zero-order valence-electron chi connectivity index (χ0n) is 12.4. The van der Waals surface area contributed by atoms with Crippen LogP contribution in [-0.4, -0.2) is 54.5 Å². The van der Waals surface area contributed by atoms with Gasteiger partial charge in [-0.15, -0.1) is 0 Å². The number of hydrogen-bond acceptors (Lipinski definition) is 4. The smallest absolute Gasteiger partial charge is 0.223 e. The average molecular weight is 314 g/mol. The van der Waals surface area contributed by atoms with E-state index in [1.165, 1.54) is 10.6 Å². The van der Waals surface area contributed by atoms with Gasteiger partial charge in [0.1, 0.15) is 5.82 Å². The predicted octanol–water partition coefficient (Wildman–Crippen LogP) is 0.0484. The number of H-pyrrole nitrogens is 1. The van der Waals surface area contributed by atoms with E-state index in [0.717, 1.165) is 17.9 Å². The molecular formula is C13H22N4O3S. The molecule has 0 radical (unpaired) electrons. The molecule has 0 bridgehead atoms. The van der Waals surface area contributed by atoms with Crippen molar-refractivity contribution < 1.29 is 13.2 Å². The van der Waals surface area contributed by atoms with Crippen LogP contribution in [0.2, 0.25) is 0 Å². The van der Waals surface area contributed by atoms with Crippen molar-refractivity contribution in [1.82, 2.24) is 19.6 Å². The Morgan fingerprint density at radius 2 is 2.14 bits per heavy atom. The second-order valence-electron chi connectivity index (χ2n) is 5.47. The Morgan fingerprint density at radius 3 is 2.67 bits per heavy atom. The molecule has 8 heteroatoms. The molecule has 0 aromatic carbocycles. The lowest BCUT2D eigenvalue weighted by molar-refractivity contribution is -0.126.